The molecule has 0 aliphatic carbocycles. The zero-order valence-electron chi connectivity index (χ0n) is 14.2. The van der Waals surface area contributed by atoms with Crippen molar-refractivity contribution in [2.24, 2.45) is 0 Å². The van der Waals surface area contributed by atoms with Gasteiger partial charge in [-0.2, -0.15) is 0 Å². The van der Waals surface area contributed by atoms with E-state index < -0.39 is 24.3 Å². The van der Waals surface area contributed by atoms with Gasteiger partial charge in [-0.3, -0.25) is 4.79 Å². The summed E-state index contributed by atoms with van der Waals surface area (Å²) in [6, 6.07) is 9.22. The first-order valence-electron chi connectivity index (χ1n) is 7.76. The third-order valence-electron chi connectivity index (χ3n) is 3.89. The van der Waals surface area contributed by atoms with Gasteiger partial charge in [-0.25, -0.2) is 9.18 Å². The minimum absolute atomic E-state index is 0.209. The van der Waals surface area contributed by atoms with Gasteiger partial charge in [0.25, 0.3) is 5.91 Å². The molecule has 2 rings (SSSR count). The van der Waals surface area contributed by atoms with Crippen molar-refractivity contribution in [2.45, 2.75) is 26.8 Å². The lowest BCUT2D eigenvalue weighted by Crippen LogP contribution is -2.31. The Morgan fingerprint density at radius 1 is 1.16 bits per heavy atom. The number of benzene rings is 2. The van der Waals surface area contributed by atoms with E-state index in [2.05, 4.69) is 5.32 Å². The number of aryl methyl sites for hydroxylation is 2. The van der Waals surface area contributed by atoms with Gasteiger partial charge in [-0.15, -0.1) is 0 Å². The lowest BCUT2D eigenvalue weighted by molar-refractivity contribution is -0.124. The third kappa shape index (κ3) is 5.03. The van der Waals surface area contributed by atoms with Gasteiger partial charge in [0.2, 0.25) is 0 Å². The Hall–Kier alpha value is -2.40. The number of hydrogen-bond acceptors (Lipinski definition) is 3. The molecular formula is C19H19ClFNO3. The molecule has 0 spiro atoms. The summed E-state index contributed by atoms with van der Waals surface area (Å²) < 4.78 is 18.4. The molecule has 0 unspecified atom stereocenters. The Labute approximate surface area is 150 Å². The molecule has 25 heavy (non-hydrogen) atoms. The Kier molecular flexibility index (Phi) is 6.15. The number of rotatable bonds is 5. The van der Waals surface area contributed by atoms with E-state index in [1.165, 1.54) is 11.6 Å². The molecule has 1 atom stereocenters. The monoisotopic (exact) mass is 363 g/mol. The van der Waals surface area contributed by atoms with Gasteiger partial charge in [0.1, 0.15) is 5.82 Å². The van der Waals surface area contributed by atoms with Crippen LogP contribution >= 0.6 is 11.6 Å². The molecule has 1 N–H and O–H groups in total. The second kappa shape index (κ2) is 8.12. The fourth-order valence-corrected chi connectivity index (χ4v) is 2.44. The highest BCUT2D eigenvalue weighted by atomic mass is 35.5. The molecule has 0 saturated carbocycles. The lowest BCUT2D eigenvalue weighted by atomic mass is 10.0. The molecule has 1 amide bonds. The summed E-state index contributed by atoms with van der Waals surface area (Å²) in [5.41, 5.74) is 2.94. The number of carbonyl (C=O) groups excluding carboxylic acids is 2. The van der Waals surface area contributed by atoms with E-state index in [0.717, 1.165) is 23.3 Å². The maximum Gasteiger partial charge on any atom is 0.341 e. The first kappa shape index (κ1) is 18.9. The van der Waals surface area contributed by atoms with Crippen LogP contribution in [0, 0.1) is 19.7 Å². The molecule has 0 aliphatic heterocycles. The average molecular weight is 364 g/mol. The van der Waals surface area contributed by atoms with E-state index in [1.807, 2.05) is 39.0 Å². The molecule has 6 heteroatoms. The van der Waals surface area contributed by atoms with Gasteiger partial charge in [0.05, 0.1) is 11.6 Å². The molecule has 0 fully saturated rings. The molecule has 0 radical (unpaired) electrons. The van der Waals surface area contributed by atoms with Crippen molar-refractivity contribution in [3.8, 4) is 0 Å². The van der Waals surface area contributed by atoms with E-state index >= 15 is 0 Å². The molecule has 0 aromatic heterocycles. The van der Waals surface area contributed by atoms with Crippen molar-refractivity contribution in [2.75, 3.05) is 6.61 Å². The van der Waals surface area contributed by atoms with Gasteiger partial charge in [-0.1, -0.05) is 29.8 Å². The molecule has 0 aliphatic rings. The minimum Gasteiger partial charge on any atom is -0.452 e. The van der Waals surface area contributed by atoms with Gasteiger partial charge in [-0.05, 0) is 55.7 Å². The fourth-order valence-electron chi connectivity index (χ4n) is 2.26. The van der Waals surface area contributed by atoms with Crippen molar-refractivity contribution in [3.05, 3.63) is 69.5 Å². The van der Waals surface area contributed by atoms with Crippen molar-refractivity contribution in [1.29, 1.82) is 0 Å². The average Bonchev–Trinajstić information content (AvgIpc) is 2.57. The number of nitrogens with one attached hydrogen (secondary N) is 1. The number of ether oxygens (including phenoxy) is 1. The molecule has 4 nitrogen and oxygen atoms in total. The van der Waals surface area contributed by atoms with Crippen molar-refractivity contribution >= 4 is 23.5 Å². The molecule has 2 aromatic rings. The summed E-state index contributed by atoms with van der Waals surface area (Å²) in [5, 5.41) is 2.95. The van der Waals surface area contributed by atoms with E-state index in [9.17, 15) is 14.0 Å². The van der Waals surface area contributed by atoms with Crippen LogP contribution in [0.1, 0.15) is 40.0 Å². The van der Waals surface area contributed by atoms with Crippen LogP contribution in [0.4, 0.5) is 4.39 Å². The number of carbonyl (C=O) groups is 2. The number of esters is 1. The van der Waals surface area contributed by atoms with E-state index in [-0.39, 0.29) is 16.6 Å². The Balaban J connectivity index is 1.92. The number of amides is 1. The molecule has 132 valence electrons. The molecule has 0 bridgehead atoms. The highest BCUT2D eigenvalue weighted by Gasteiger charge is 2.16. The highest BCUT2D eigenvalue weighted by Crippen LogP contribution is 2.17. The first-order valence-corrected chi connectivity index (χ1v) is 8.14. The molecule has 0 heterocycles. The van der Waals surface area contributed by atoms with Crippen LogP contribution in [-0.2, 0) is 9.53 Å². The van der Waals surface area contributed by atoms with Crippen molar-refractivity contribution < 1.29 is 18.7 Å². The number of hydrogen-bond donors (Lipinski definition) is 1. The zero-order chi connectivity index (χ0) is 18.6. The molecule has 0 saturated heterocycles. The van der Waals surface area contributed by atoms with Crippen LogP contribution < -0.4 is 5.32 Å². The molecule has 2 aromatic carbocycles. The van der Waals surface area contributed by atoms with Crippen LogP contribution in [0.25, 0.3) is 0 Å². The van der Waals surface area contributed by atoms with E-state index in [4.69, 9.17) is 16.3 Å². The van der Waals surface area contributed by atoms with Crippen LogP contribution in [0.15, 0.2) is 36.4 Å². The summed E-state index contributed by atoms with van der Waals surface area (Å²) in [7, 11) is 0. The fraction of sp³-hybridized carbons (Fsp3) is 0.263. The summed E-state index contributed by atoms with van der Waals surface area (Å²) in [6.45, 7) is 5.34. The number of halogens is 2. The SMILES string of the molecule is Cc1ccc([C@H](C)NC(=O)COC(=O)c2cc(Cl)ccc2F)cc1C. The second-order valence-electron chi connectivity index (χ2n) is 5.83. The van der Waals surface area contributed by atoms with E-state index in [1.54, 1.807) is 0 Å². The summed E-state index contributed by atoms with van der Waals surface area (Å²) in [6.07, 6.45) is 0. The van der Waals surface area contributed by atoms with Crippen LogP contribution in [-0.4, -0.2) is 18.5 Å². The predicted octanol–water partition coefficient (Wildman–Crippen LogP) is 4.13. The second-order valence-corrected chi connectivity index (χ2v) is 6.27. The zero-order valence-corrected chi connectivity index (χ0v) is 15.0. The van der Waals surface area contributed by atoms with Gasteiger partial charge in [0, 0.05) is 5.02 Å². The smallest absolute Gasteiger partial charge is 0.341 e. The maximum absolute atomic E-state index is 13.6. The van der Waals surface area contributed by atoms with Gasteiger partial charge >= 0.3 is 5.97 Å². The van der Waals surface area contributed by atoms with Crippen molar-refractivity contribution in [3.63, 3.8) is 0 Å². The largest absolute Gasteiger partial charge is 0.452 e. The normalized spacial score (nSPS) is 11.7. The predicted molar refractivity (Wildman–Crippen MR) is 94.2 cm³/mol. The van der Waals surface area contributed by atoms with E-state index in [0.29, 0.717) is 0 Å². The topological polar surface area (TPSA) is 55.4 Å². The Bertz CT molecular complexity index is 807. The third-order valence-corrected chi connectivity index (χ3v) is 4.13. The standard InChI is InChI=1S/C19H19ClFNO3/c1-11-4-5-14(8-12(11)2)13(3)22-18(23)10-25-19(24)16-9-15(20)6-7-17(16)21/h4-9,13H,10H2,1-3H3,(H,22,23)/t13-/m0/s1. The Morgan fingerprint density at radius 3 is 2.56 bits per heavy atom. The van der Waals surface area contributed by atoms with Gasteiger partial charge < -0.3 is 10.1 Å². The molecular weight excluding hydrogens is 345 g/mol. The first-order chi connectivity index (χ1) is 11.8. The quantitative estimate of drug-likeness (QED) is 0.812. The summed E-state index contributed by atoms with van der Waals surface area (Å²) in [4.78, 5) is 23.8. The van der Waals surface area contributed by atoms with Crippen LogP contribution in [0.3, 0.4) is 0 Å². The summed E-state index contributed by atoms with van der Waals surface area (Å²) >= 11 is 5.73. The van der Waals surface area contributed by atoms with Gasteiger partial charge in [0.15, 0.2) is 6.61 Å². The Morgan fingerprint density at radius 2 is 1.88 bits per heavy atom. The van der Waals surface area contributed by atoms with Crippen LogP contribution in [0.2, 0.25) is 5.02 Å². The highest BCUT2D eigenvalue weighted by molar-refractivity contribution is 6.30. The van der Waals surface area contributed by atoms with Crippen LogP contribution in [0.5, 0.6) is 0 Å². The van der Waals surface area contributed by atoms with Crippen molar-refractivity contribution in [1.82, 2.24) is 5.32 Å². The maximum atomic E-state index is 13.6. The minimum atomic E-state index is -0.936. The lowest BCUT2D eigenvalue weighted by Gasteiger charge is -2.16. The summed E-state index contributed by atoms with van der Waals surface area (Å²) in [5.74, 6) is -2.16.